The van der Waals surface area contributed by atoms with Gasteiger partial charge in [0.25, 0.3) is 0 Å². The van der Waals surface area contributed by atoms with Crippen molar-refractivity contribution in [2.75, 3.05) is 0 Å². The Labute approximate surface area is 111 Å². The summed E-state index contributed by atoms with van der Waals surface area (Å²) in [5.41, 5.74) is 5.08. The van der Waals surface area contributed by atoms with Crippen LogP contribution in [0.1, 0.15) is 68.1 Å². The van der Waals surface area contributed by atoms with E-state index in [9.17, 15) is 4.79 Å². The zero-order valence-corrected chi connectivity index (χ0v) is 12.4. The van der Waals surface area contributed by atoms with E-state index in [1.165, 1.54) is 17.5 Å². The predicted molar refractivity (Wildman–Crippen MR) is 76.4 cm³/mol. The lowest BCUT2D eigenvalue weighted by Gasteiger charge is -2.46. The molecular weight excluding hydrogens is 220 g/mol. The molecule has 0 radical (unpaired) electrons. The van der Waals surface area contributed by atoms with Crippen LogP contribution in [-0.4, -0.2) is 6.29 Å². The van der Waals surface area contributed by atoms with Crippen LogP contribution in [0.15, 0.2) is 12.1 Å². The Morgan fingerprint density at radius 2 is 1.78 bits per heavy atom. The van der Waals surface area contributed by atoms with Crippen molar-refractivity contribution in [1.82, 2.24) is 0 Å². The first-order chi connectivity index (χ1) is 8.20. The number of hydrogen-bond donors (Lipinski definition) is 0. The number of fused-ring (bicyclic) bond motifs is 1. The quantitative estimate of drug-likeness (QED) is 0.669. The minimum atomic E-state index is 0.149. The molecule has 0 unspecified atom stereocenters. The highest BCUT2D eigenvalue weighted by Crippen LogP contribution is 2.49. The topological polar surface area (TPSA) is 17.1 Å². The fraction of sp³-hybridized carbons (Fsp3) is 0.588. The van der Waals surface area contributed by atoms with Gasteiger partial charge in [0.1, 0.15) is 6.29 Å². The first-order valence-electron chi connectivity index (χ1n) is 6.81. The Balaban J connectivity index is 2.75. The SMILES string of the molecule is Cc1cc2c(cc1C=O)C(C)(C)[C@@H](C)CC2(C)C. The third kappa shape index (κ3) is 1.81. The van der Waals surface area contributed by atoms with Gasteiger partial charge >= 0.3 is 0 Å². The molecule has 0 aliphatic heterocycles. The fourth-order valence-electron chi connectivity index (χ4n) is 3.34. The van der Waals surface area contributed by atoms with E-state index in [4.69, 9.17) is 0 Å². The lowest BCUT2D eigenvalue weighted by Crippen LogP contribution is -2.40. The first-order valence-corrected chi connectivity index (χ1v) is 6.81. The maximum absolute atomic E-state index is 11.2. The van der Waals surface area contributed by atoms with Gasteiger partial charge in [-0.25, -0.2) is 0 Å². The summed E-state index contributed by atoms with van der Waals surface area (Å²) in [5.74, 6) is 0.627. The summed E-state index contributed by atoms with van der Waals surface area (Å²) in [6.07, 6.45) is 2.19. The molecule has 1 aromatic rings. The van der Waals surface area contributed by atoms with Crippen LogP contribution in [0.3, 0.4) is 0 Å². The lowest BCUT2D eigenvalue weighted by atomic mass is 9.58. The van der Waals surface area contributed by atoms with Crippen LogP contribution in [0.4, 0.5) is 0 Å². The highest BCUT2D eigenvalue weighted by atomic mass is 16.1. The van der Waals surface area contributed by atoms with Gasteiger partial charge < -0.3 is 0 Å². The van der Waals surface area contributed by atoms with Crippen LogP contribution in [-0.2, 0) is 10.8 Å². The standard InChI is InChI=1S/C17H24O/c1-11-7-14-15(8-13(11)10-18)17(5,6)12(2)9-16(14,3)4/h7-8,10,12H,9H2,1-6H3/t12-/m0/s1. The van der Waals surface area contributed by atoms with Crippen molar-refractivity contribution in [3.63, 3.8) is 0 Å². The van der Waals surface area contributed by atoms with Gasteiger partial charge in [0.15, 0.2) is 0 Å². The Kier molecular flexibility index (Phi) is 2.92. The Morgan fingerprint density at radius 1 is 1.17 bits per heavy atom. The van der Waals surface area contributed by atoms with E-state index in [1.54, 1.807) is 0 Å². The number of benzene rings is 1. The minimum Gasteiger partial charge on any atom is -0.298 e. The number of carbonyl (C=O) groups is 1. The van der Waals surface area contributed by atoms with E-state index in [1.807, 2.05) is 6.92 Å². The number of aryl methyl sites for hydroxylation is 1. The second-order valence-electron chi connectivity index (χ2n) is 7.08. The monoisotopic (exact) mass is 244 g/mol. The summed E-state index contributed by atoms with van der Waals surface area (Å²) < 4.78 is 0. The van der Waals surface area contributed by atoms with Crippen LogP contribution in [0, 0.1) is 12.8 Å². The number of rotatable bonds is 1. The van der Waals surface area contributed by atoms with Crippen LogP contribution < -0.4 is 0 Å². The van der Waals surface area contributed by atoms with Crippen molar-refractivity contribution in [3.8, 4) is 0 Å². The van der Waals surface area contributed by atoms with E-state index in [-0.39, 0.29) is 10.8 Å². The van der Waals surface area contributed by atoms with Crippen molar-refractivity contribution < 1.29 is 4.79 Å². The molecule has 0 heterocycles. The van der Waals surface area contributed by atoms with Crippen LogP contribution in [0.25, 0.3) is 0 Å². The largest absolute Gasteiger partial charge is 0.298 e. The molecule has 0 aromatic heterocycles. The molecule has 1 nitrogen and oxygen atoms in total. The number of aldehydes is 1. The first kappa shape index (κ1) is 13.3. The molecule has 0 spiro atoms. The van der Waals surface area contributed by atoms with Gasteiger partial charge in [0.2, 0.25) is 0 Å². The van der Waals surface area contributed by atoms with Gasteiger partial charge in [-0.05, 0) is 52.8 Å². The van der Waals surface area contributed by atoms with Crippen LogP contribution >= 0.6 is 0 Å². The zero-order chi connectivity index (χ0) is 13.7. The van der Waals surface area contributed by atoms with Crippen molar-refractivity contribution in [3.05, 3.63) is 34.4 Å². The number of carbonyl (C=O) groups excluding carboxylic acids is 1. The van der Waals surface area contributed by atoms with Crippen molar-refractivity contribution in [1.29, 1.82) is 0 Å². The molecule has 0 saturated heterocycles. The Hall–Kier alpha value is -1.11. The second-order valence-corrected chi connectivity index (χ2v) is 7.08. The van der Waals surface area contributed by atoms with E-state index in [2.05, 4.69) is 46.8 Å². The molecular formula is C17H24O. The molecule has 0 fully saturated rings. The highest BCUT2D eigenvalue weighted by molar-refractivity contribution is 5.78. The summed E-state index contributed by atoms with van der Waals surface area (Å²) in [4.78, 5) is 11.2. The van der Waals surface area contributed by atoms with Gasteiger partial charge in [-0.3, -0.25) is 4.79 Å². The molecule has 1 aromatic carbocycles. The van der Waals surface area contributed by atoms with E-state index in [0.717, 1.165) is 17.4 Å². The zero-order valence-electron chi connectivity index (χ0n) is 12.4. The summed E-state index contributed by atoms with van der Waals surface area (Å²) in [7, 11) is 0. The molecule has 0 saturated carbocycles. The van der Waals surface area contributed by atoms with Gasteiger partial charge in [0, 0.05) is 5.56 Å². The lowest BCUT2D eigenvalue weighted by molar-refractivity contribution is 0.112. The number of hydrogen-bond acceptors (Lipinski definition) is 1. The van der Waals surface area contributed by atoms with E-state index in [0.29, 0.717) is 5.92 Å². The van der Waals surface area contributed by atoms with Gasteiger partial charge in [-0.2, -0.15) is 0 Å². The van der Waals surface area contributed by atoms with Gasteiger partial charge in [0.05, 0.1) is 0 Å². The third-order valence-electron chi connectivity index (χ3n) is 5.00. The average Bonchev–Trinajstić information content (AvgIpc) is 2.26. The maximum Gasteiger partial charge on any atom is 0.150 e. The van der Waals surface area contributed by atoms with Crippen molar-refractivity contribution in [2.24, 2.45) is 5.92 Å². The molecule has 1 heteroatoms. The molecule has 98 valence electrons. The van der Waals surface area contributed by atoms with E-state index >= 15 is 0 Å². The molecule has 0 bridgehead atoms. The summed E-state index contributed by atoms with van der Waals surface area (Å²) in [6.45, 7) is 13.6. The van der Waals surface area contributed by atoms with E-state index < -0.39 is 0 Å². The summed E-state index contributed by atoms with van der Waals surface area (Å²) in [6, 6.07) is 4.35. The predicted octanol–water partition coefficient (Wildman–Crippen LogP) is 4.40. The molecule has 1 aliphatic carbocycles. The van der Waals surface area contributed by atoms with Gasteiger partial charge in [-0.15, -0.1) is 0 Å². The van der Waals surface area contributed by atoms with Crippen LogP contribution in [0.2, 0.25) is 0 Å². The Bertz CT molecular complexity index is 495. The molecule has 0 N–H and O–H groups in total. The van der Waals surface area contributed by atoms with Crippen LogP contribution in [0.5, 0.6) is 0 Å². The molecule has 2 rings (SSSR count). The van der Waals surface area contributed by atoms with Gasteiger partial charge in [-0.1, -0.05) is 40.7 Å². The summed E-state index contributed by atoms with van der Waals surface area (Å²) >= 11 is 0. The molecule has 1 aliphatic rings. The fourth-order valence-corrected chi connectivity index (χ4v) is 3.34. The molecule has 18 heavy (non-hydrogen) atoms. The summed E-state index contributed by atoms with van der Waals surface area (Å²) in [5, 5.41) is 0. The minimum absolute atomic E-state index is 0.149. The molecule has 1 atom stereocenters. The normalized spacial score (nSPS) is 24.4. The maximum atomic E-state index is 11.2. The highest BCUT2D eigenvalue weighted by Gasteiger charge is 2.42. The Morgan fingerprint density at radius 3 is 2.33 bits per heavy atom. The van der Waals surface area contributed by atoms with Crippen molar-refractivity contribution >= 4 is 6.29 Å². The average molecular weight is 244 g/mol. The second kappa shape index (κ2) is 3.94. The van der Waals surface area contributed by atoms with Crippen molar-refractivity contribution in [2.45, 2.75) is 58.8 Å². The third-order valence-corrected chi connectivity index (χ3v) is 5.00. The smallest absolute Gasteiger partial charge is 0.150 e. The molecule has 0 amide bonds.